The van der Waals surface area contributed by atoms with Gasteiger partial charge in [-0.25, -0.2) is 0 Å². The molecular formula is C15H14Cl3N3O2S. The van der Waals surface area contributed by atoms with E-state index in [0.717, 1.165) is 11.3 Å². The Labute approximate surface area is 159 Å². The predicted molar refractivity (Wildman–Crippen MR) is 101 cm³/mol. The van der Waals surface area contributed by atoms with Crippen LogP contribution in [0.5, 0.6) is 0 Å². The normalized spacial score (nSPS) is 12.3. The van der Waals surface area contributed by atoms with Gasteiger partial charge < -0.3 is 20.4 Å². The molecule has 128 valence electrons. The van der Waals surface area contributed by atoms with Crippen molar-refractivity contribution in [3.8, 4) is 0 Å². The monoisotopic (exact) mass is 405 g/mol. The number of rotatable bonds is 4. The van der Waals surface area contributed by atoms with Crippen LogP contribution in [-0.2, 0) is 0 Å². The van der Waals surface area contributed by atoms with E-state index in [-0.39, 0.29) is 10.9 Å². The SMILES string of the molecule is Cc1ccc(NC(=S)N[C@@H](NC(=O)c2ccco2)C(Cl)(Cl)Cl)cc1. The number of hydrogen-bond donors (Lipinski definition) is 3. The number of furan rings is 1. The van der Waals surface area contributed by atoms with Crippen molar-refractivity contribution in [2.45, 2.75) is 16.9 Å². The van der Waals surface area contributed by atoms with Gasteiger partial charge in [-0.15, -0.1) is 0 Å². The van der Waals surface area contributed by atoms with Gasteiger partial charge >= 0.3 is 0 Å². The van der Waals surface area contributed by atoms with Crippen molar-refractivity contribution in [2.24, 2.45) is 0 Å². The molecule has 0 aliphatic heterocycles. The van der Waals surface area contributed by atoms with Gasteiger partial charge in [0.05, 0.1) is 6.26 Å². The van der Waals surface area contributed by atoms with Gasteiger partial charge in [0, 0.05) is 5.69 Å². The summed E-state index contributed by atoms with van der Waals surface area (Å²) in [6, 6.07) is 10.6. The number of hydrogen-bond acceptors (Lipinski definition) is 3. The summed E-state index contributed by atoms with van der Waals surface area (Å²) in [6.07, 6.45) is 0.307. The zero-order valence-corrected chi connectivity index (χ0v) is 15.6. The van der Waals surface area contributed by atoms with Crippen molar-refractivity contribution in [2.75, 3.05) is 5.32 Å². The topological polar surface area (TPSA) is 66.3 Å². The van der Waals surface area contributed by atoms with E-state index < -0.39 is 15.9 Å². The minimum absolute atomic E-state index is 0.0912. The van der Waals surface area contributed by atoms with E-state index in [4.69, 9.17) is 51.4 Å². The summed E-state index contributed by atoms with van der Waals surface area (Å²) in [5.41, 5.74) is 1.88. The maximum Gasteiger partial charge on any atom is 0.288 e. The van der Waals surface area contributed by atoms with E-state index in [1.165, 1.54) is 12.3 Å². The molecule has 0 fully saturated rings. The molecule has 0 radical (unpaired) electrons. The molecule has 1 heterocycles. The first-order chi connectivity index (χ1) is 11.3. The molecule has 0 saturated carbocycles. The smallest absolute Gasteiger partial charge is 0.288 e. The Kier molecular flexibility index (Phi) is 6.34. The maximum absolute atomic E-state index is 12.1. The average Bonchev–Trinajstić information content (AvgIpc) is 3.02. The lowest BCUT2D eigenvalue weighted by Crippen LogP contribution is -2.56. The number of aryl methyl sites for hydroxylation is 1. The second kappa shape index (κ2) is 8.07. The third-order valence-electron chi connectivity index (χ3n) is 2.93. The second-order valence-corrected chi connectivity index (χ2v) is 7.67. The molecule has 1 aromatic carbocycles. The molecule has 5 nitrogen and oxygen atoms in total. The van der Waals surface area contributed by atoms with Crippen molar-refractivity contribution in [1.82, 2.24) is 10.6 Å². The van der Waals surface area contributed by atoms with E-state index in [1.807, 2.05) is 31.2 Å². The summed E-state index contributed by atoms with van der Waals surface area (Å²) in [5.74, 6) is -0.449. The Morgan fingerprint density at radius 3 is 2.38 bits per heavy atom. The van der Waals surface area contributed by atoms with Crippen molar-refractivity contribution < 1.29 is 9.21 Å². The first-order valence-electron chi connectivity index (χ1n) is 6.81. The van der Waals surface area contributed by atoms with Crippen molar-refractivity contribution >= 4 is 63.7 Å². The van der Waals surface area contributed by atoms with Crippen molar-refractivity contribution in [3.63, 3.8) is 0 Å². The number of carbonyl (C=O) groups excluding carboxylic acids is 1. The first-order valence-corrected chi connectivity index (χ1v) is 8.35. The summed E-state index contributed by atoms with van der Waals surface area (Å²) in [7, 11) is 0. The quantitative estimate of drug-likeness (QED) is 0.407. The lowest BCUT2D eigenvalue weighted by Gasteiger charge is -2.27. The van der Waals surface area contributed by atoms with Crippen molar-refractivity contribution in [1.29, 1.82) is 0 Å². The van der Waals surface area contributed by atoms with Crippen molar-refractivity contribution in [3.05, 3.63) is 54.0 Å². The van der Waals surface area contributed by atoms with Crippen LogP contribution in [0, 0.1) is 6.92 Å². The number of benzene rings is 1. The number of halogens is 3. The lowest BCUT2D eigenvalue weighted by molar-refractivity contribution is 0.0906. The Morgan fingerprint density at radius 2 is 1.83 bits per heavy atom. The zero-order valence-electron chi connectivity index (χ0n) is 12.5. The van der Waals surface area contributed by atoms with Gasteiger partial charge in [-0.05, 0) is 43.4 Å². The molecule has 1 amide bonds. The van der Waals surface area contributed by atoms with Gasteiger partial charge in [-0.2, -0.15) is 0 Å². The van der Waals surface area contributed by atoms with E-state index in [0.29, 0.717) is 0 Å². The van der Waals surface area contributed by atoms with Crippen LogP contribution >= 0.6 is 47.0 Å². The number of anilines is 1. The van der Waals surface area contributed by atoms with Crippen LogP contribution in [0.3, 0.4) is 0 Å². The third-order valence-corrected chi connectivity index (χ3v) is 3.81. The highest BCUT2D eigenvalue weighted by Gasteiger charge is 2.35. The highest BCUT2D eigenvalue weighted by molar-refractivity contribution is 7.80. The average molecular weight is 407 g/mol. The summed E-state index contributed by atoms with van der Waals surface area (Å²) >= 11 is 22.9. The molecule has 0 unspecified atom stereocenters. The van der Waals surface area contributed by atoms with Gasteiger partial charge in [-0.3, -0.25) is 4.79 Å². The summed E-state index contributed by atoms with van der Waals surface area (Å²) in [4.78, 5) is 12.1. The Bertz CT molecular complexity index is 700. The molecule has 24 heavy (non-hydrogen) atoms. The number of carbonyl (C=O) groups is 1. The van der Waals surface area contributed by atoms with Gasteiger partial charge in [0.1, 0.15) is 6.17 Å². The van der Waals surface area contributed by atoms with Gasteiger partial charge in [0.2, 0.25) is 3.79 Å². The molecule has 0 aliphatic rings. The third kappa shape index (κ3) is 5.56. The lowest BCUT2D eigenvalue weighted by atomic mass is 10.2. The maximum atomic E-state index is 12.1. The van der Waals surface area contributed by atoms with Gasteiger partial charge in [0.15, 0.2) is 10.9 Å². The molecule has 0 spiro atoms. The van der Waals surface area contributed by atoms with Gasteiger partial charge in [-0.1, -0.05) is 52.5 Å². The number of alkyl halides is 3. The Morgan fingerprint density at radius 1 is 1.17 bits per heavy atom. The highest BCUT2D eigenvalue weighted by atomic mass is 35.6. The van der Waals surface area contributed by atoms with Crippen LogP contribution in [0.15, 0.2) is 47.1 Å². The summed E-state index contributed by atoms with van der Waals surface area (Å²) in [6.45, 7) is 1.98. The standard InChI is InChI=1S/C15H14Cl3N3O2S/c1-9-4-6-10(7-5-9)19-14(24)21-13(15(16,17)18)20-12(22)11-3-2-8-23-11/h2-8,13H,1H3,(H,20,22)(H2,19,21,24)/t13-/m1/s1. The molecule has 2 rings (SSSR count). The predicted octanol–water partition coefficient (Wildman–Crippen LogP) is 4.00. The molecule has 9 heteroatoms. The van der Waals surface area contributed by atoms with Crippen LogP contribution in [0.4, 0.5) is 5.69 Å². The largest absolute Gasteiger partial charge is 0.459 e. The highest BCUT2D eigenvalue weighted by Crippen LogP contribution is 2.29. The second-order valence-electron chi connectivity index (χ2n) is 4.89. The molecule has 3 N–H and O–H groups in total. The fraction of sp³-hybridized carbons (Fsp3) is 0.200. The molecule has 1 aromatic heterocycles. The Hall–Kier alpha value is -1.47. The molecule has 0 saturated heterocycles. The summed E-state index contributed by atoms with van der Waals surface area (Å²) in [5, 5.41) is 8.42. The van der Waals surface area contributed by atoms with Crippen LogP contribution in [0.25, 0.3) is 0 Å². The Balaban J connectivity index is 2.01. The molecule has 0 aliphatic carbocycles. The van der Waals surface area contributed by atoms with E-state index in [9.17, 15) is 4.79 Å². The molecule has 1 atom stereocenters. The van der Waals surface area contributed by atoms with Crippen LogP contribution in [-0.4, -0.2) is 21.0 Å². The number of thiocarbonyl (C=S) groups is 1. The fourth-order valence-corrected chi connectivity index (χ4v) is 2.31. The van der Waals surface area contributed by atoms with Gasteiger partial charge in [0.25, 0.3) is 5.91 Å². The summed E-state index contributed by atoms with van der Waals surface area (Å²) < 4.78 is 3.17. The fourth-order valence-electron chi connectivity index (χ4n) is 1.74. The van der Waals surface area contributed by atoms with E-state index in [2.05, 4.69) is 16.0 Å². The van der Waals surface area contributed by atoms with Crippen LogP contribution in [0.2, 0.25) is 0 Å². The van der Waals surface area contributed by atoms with E-state index >= 15 is 0 Å². The minimum Gasteiger partial charge on any atom is -0.459 e. The zero-order chi connectivity index (χ0) is 17.7. The molecule has 2 aromatic rings. The number of nitrogens with one attached hydrogen (secondary N) is 3. The molecular weight excluding hydrogens is 393 g/mol. The minimum atomic E-state index is -1.83. The molecule has 0 bridgehead atoms. The first kappa shape index (κ1) is 18.9. The number of amides is 1. The van der Waals surface area contributed by atoms with E-state index in [1.54, 1.807) is 6.07 Å². The van der Waals surface area contributed by atoms with Crippen LogP contribution < -0.4 is 16.0 Å². The van der Waals surface area contributed by atoms with Crippen LogP contribution in [0.1, 0.15) is 16.1 Å².